The summed E-state index contributed by atoms with van der Waals surface area (Å²) >= 11 is 0. The van der Waals surface area contributed by atoms with Gasteiger partial charge >= 0.3 is 0 Å². The first-order valence-electron chi connectivity index (χ1n) is 9.75. The molecule has 0 fully saturated rings. The Morgan fingerprint density at radius 2 is 1.03 bits per heavy atom. The number of hydrogen-bond acceptors (Lipinski definition) is 12. The number of nitrogens with two attached hydrogens (primary N) is 2. The lowest BCUT2D eigenvalue weighted by Crippen LogP contribution is -2.11. The minimum atomic E-state index is -4.87. The number of benzene rings is 2. The Bertz CT molecular complexity index is 1570. The third-order valence-corrected chi connectivity index (χ3v) is 6.66. The Morgan fingerprint density at radius 1 is 0.639 bits per heavy atom. The molecule has 16 heteroatoms. The zero-order valence-corrected chi connectivity index (χ0v) is 19.6. The van der Waals surface area contributed by atoms with E-state index in [1.807, 2.05) is 0 Å². The van der Waals surface area contributed by atoms with Gasteiger partial charge in [0.15, 0.2) is 0 Å². The van der Waals surface area contributed by atoms with Gasteiger partial charge in [-0.2, -0.15) is 16.8 Å². The number of nitrogen functional groups attached to an aromatic ring is 2. The van der Waals surface area contributed by atoms with E-state index in [1.165, 1.54) is 48.8 Å². The third kappa shape index (κ3) is 5.01. The first kappa shape index (κ1) is 24.7. The molecule has 14 nitrogen and oxygen atoms in total. The van der Waals surface area contributed by atoms with E-state index >= 15 is 0 Å². The van der Waals surface area contributed by atoms with Gasteiger partial charge in [-0.1, -0.05) is 12.1 Å². The highest BCUT2D eigenvalue weighted by Crippen LogP contribution is 2.40. The highest BCUT2D eigenvalue weighted by atomic mass is 32.2. The predicted molar refractivity (Wildman–Crippen MR) is 126 cm³/mol. The molecule has 0 spiro atoms. The Morgan fingerprint density at radius 3 is 1.33 bits per heavy atom. The lowest BCUT2D eigenvalue weighted by molar-refractivity contribution is 0.480. The minimum Gasteiger partial charge on any atom is -0.399 e. The largest absolute Gasteiger partial charge is 0.399 e. The van der Waals surface area contributed by atoms with Gasteiger partial charge in [0.2, 0.25) is 0 Å². The molecule has 0 bridgehead atoms. The second-order valence-corrected chi connectivity index (χ2v) is 10.0. The van der Waals surface area contributed by atoms with Crippen LogP contribution in [0.5, 0.6) is 0 Å². The minimum absolute atomic E-state index is 0.00592. The third-order valence-electron chi connectivity index (χ3n) is 4.87. The van der Waals surface area contributed by atoms with E-state index in [0.717, 1.165) is 12.1 Å². The molecular formula is C20H16N8O6S2. The summed E-state index contributed by atoms with van der Waals surface area (Å²) in [5.41, 5.74) is 11.2. The Kier molecular flexibility index (Phi) is 6.42. The normalized spacial score (nSPS) is 12.7. The monoisotopic (exact) mass is 528 g/mol. The van der Waals surface area contributed by atoms with Gasteiger partial charge in [-0.25, -0.2) is 0 Å². The van der Waals surface area contributed by atoms with Crippen LogP contribution in [0.3, 0.4) is 0 Å². The summed E-state index contributed by atoms with van der Waals surface area (Å²) in [7, 11) is -9.73. The molecule has 0 aliphatic carbocycles. The fourth-order valence-electron chi connectivity index (χ4n) is 3.47. The van der Waals surface area contributed by atoms with Crippen LogP contribution >= 0.6 is 0 Å². The van der Waals surface area contributed by atoms with Gasteiger partial charge in [0.05, 0.1) is 23.8 Å². The van der Waals surface area contributed by atoms with Crippen LogP contribution in [0.1, 0.15) is 22.5 Å². The molecule has 0 atom stereocenters. The summed E-state index contributed by atoms with van der Waals surface area (Å²) in [4.78, 5) is -1.22. The second kappa shape index (κ2) is 9.34. The molecule has 0 radical (unpaired) electrons. The topological polar surface area (TPSA) is 238 Å². The van der Waals surface area contributed by atoms with Gasteiger partial charge in [-0.15, -0.1) is 20.4 Å². The van der Waals surface area contributed by atoms with Crippen molar-refractivity contribution in [2.24, 2.45) is 0 Å². The summed E-state index contributed by atoms with van der Waals surface area (Å²) in [5.74, 6) is 0. The fourth-order valence-corrected chi connectivity index (χ4v) is 4.93. The van der Waals surface area contributed by atoms with E-state index in [2.05, 4.69) is 30.8 Å². The molecule has 2 heterocycles. The van der Waals surface area contributed by atoms with Crippen molar-refractivity contribution in [3.05, 3.63) is 83.4 Å². The van der Waals surface area contributed by atoms with Crippen molar-refractivity contribution in [2.75, 3.05) is 11.5 Å². The number of aromatic nitrogens is 6. The van der Waals surface area contributed by atoms with E-state index in [9.17, 15) is 25.9 Å². The van der Waals surface area contributed by atoms with E-state index in [4.69, 9.17) is 11.5 Å². The molecule has 36 heavy (non-hydrogen) atoms. The molecule has 0 saturated carbocycles. The summed E-state index contributed by atoms with van der Waals surface area (Å²) in [6.07, 6.45) is 2.52. The van der Waals surface area contributed by atoms with E-state index in [-0.39, 0.29) is 45.0 Å². The Hall–Kier alpha value is -4.38. The molecule has 0 saturated heterocycles. The summed E-state index contributed by atoms with van der Waals surface area (Å²) in [6.45, 7) is 0. The van der Waals surface area contributed by atoms with Gasteiger partial charge in [-0.3, -0.25) is 9.11 Å². The number of anilines is 2. The van der Waals surface area contributed by atoms with Crippen molar-refractivity contribution in [3.63, 3.8) is 0 Å². The zero-order chi connectivity index (χ0) is 26.1. The first-order valence-corrected chi connectivity index (χ1v) is 12.6. The number of nitrogens with zero attached hydrogens (tertiary/aromatic N) is 6. The zero-order valence-electron chi connectivity index (χ0n) is 18.0. The maximum atomic E-state index is 12.3. The predicted octanol–water partition coefficient (Wildman–Crippen LogP) is 0.722. The van der Waals surface area contributed by atoms with Crippen LogP contribution in [0, 0.1) is 0 Å². The summed E-state index contributed by atoms with van der Waals surface area (Å²) < 4.78 is 69.4. The van der Waals surface area contributed by atoms with E-state index < -0.39 is 30.0 Å². The molecule has 0 amide bonds. The van der Waals surface area contributed by atoms with Crippen molar-refractivity contribution in [1.29, 1.82) is 0 Å². The summed E-state index contributed by atoms with van der Waals surface area (Å²) in [5, 5.41) is 22.3. The SMILES string of the molecule is Nc1ccc(C(=C(c2ccnnn2)c2ccc(N)cc2S(=O)(=O)O)c2ccnnn2)c(S(=O)(=O)O)c1. The highest BCUT2D eigenvalue weighted by molar-refractivity contribution is 7.86. The van der Waals surface area contributed by atoms with E-state index in [0.29, 0.717) is 0 Å². The molecular weight excluding hydrogens is 512 g/mol. The molecule has 0 aliphatic heterocycles. The van der Waals surface area contributed by atoms with Crippen molar-refractivity contribution >= 4 is 42.8 Å². The molecule has 184 valence electrons. The van der Waals surface area contributed by atoms with E-state index in [1.54, 1.807) is 0 Å². The molecule has 2 aromatic heterocycles. The van der Waals surface area contributed by atoms with Gasteiger partial charge in [0.25, 0.3) is 20.2 Å². The van der Waals surface area contributed by atoms with Crippen LogP contribution in [0.4, 0.5) is 11.4 Å². The maximum absolute atomic E-state index is 12.3. The number of hydrogen-bond donors (Lipinski definition) is 4. The molecule has 0 unspecified atom stereocenters. The standard InChI is InChI=1S/C20H16N8O6S2/c21-11-1-3-13(17(9-11)35(29,30)31)19(15-5-7-23-27-25-15)20(16-6-8-24-28-26-16)14-4-2-12(22)10-18(14)36(32,33)34/h1-10H,21-22H2,(H,29,30,31)(H,32,33,34). The maximum Gasteiger partial charge on any atom is 0.295 e. The van der Waals surface area contributed by atoms with Gasteiger partial charge in [-0.05, 0) is 46.8 Å². The number of rotatable bonds is 6. The average Bonchev–Trinajstić information content (AvgIpc) is 2.83. The van der Waals surface area contributed by atoms with Crippen molar-refractivity contribution in [3.8, 4) is 0 Å². The molecule has 4 rings (SSSR count). The highest BCUT2D eigenvalue weighted by Gasteiger charge is 2.28. The van der Waals surface area contributed by atoms with Crippen LogP contribution in [0.15, 0.2) is 70.7 Å². The Labute approximate surface area is 204 Å². The molecule has 4 aromatic rings. The fraction of sp³-hybridized carbons (Fsp3) is 0. The second-order valence-electron chi connectivity index (χ2n) is 7.22. The van der Waals surface area contributed by atoms with Crippen molar-refractivity contribution in [1.82, 2.24) is 30.8 Å². The van der Waals surface area contributed by atoms with Crippen LogP contribution in [0.2, 0.25) is 0 Å². The lowest BCUT2D eigenvalue weighted by Gasteiger charge is -2.19. The molecule has 6 N–H and O–H groups in total. The Balaban J connectivity index is 2.30. The summed E-state index contributed by atoms with van der Waals surface area (Å²) in [6, 6.07) is 10.1. The lowest BCUT2D eigenvalue weighted by atomic mass is 9.90. The van der Waals surface area contributed by atoms with Gasteiger partial charge in [0, 0.05) is 33.6 Å². The van der Waals surface area contributed by atoms with Crippen LogP contribution in [-0.2, 0) is 20.2 Å². The molecule has 2 aromatic carbocycles. The van der Waals surface area contributed by atoms with Crippen LogP contribution < -0.4 is 11.5 Å². The molecule has 0 aliphatic rings. The average molecular weight is 529 g/mol. The van der Waals surface area contributed by atoms with Crippen LogP contribution in [-0.4, -0.2) is 56.8 Å². The van der Waals surface area contributed by atoms with Crippen molar-refractivity contribution < 1.29 is 25.9 Å². The first-order chi connectivity index (χ1) is 17.0. The van der Waals surface area contributed by atoms with Gasteiger partial charge in [0.1, 0.15) is 9.79 Å². The smallest absolute Gasteiger partial charge is 0.295 e. The van der Waals surface area contributed by atoms with Gasteiger partial charge < -0.3 is 11.5 Å². The quantitative estimate of drug-likeness (QED) is 0.153. The van der Waals surface area contributed by atoms with Crippen LogP contribution in [0.25, 0.3) is 11.1 Å². The van der Waals surface area contributed by atoms with Crippen molar-refractivity contribution in [2.45, 2.75) is 9.79 Å².